The molecular formula is C27H29NO6. The van der Waals surface area contributed by atoms with Crippen LogP contribution in [0, 0.1) is 0 Å². The zero-order valence-corrected chi connectivity index (χ0v) is 19.7. The molecule has 1 atom stereocenters. The Labute approximate surface area is 199 Å². The van der Waals surface area contributed by atoms with E-state index in [0.717, 1.165) is 24.1 Å². The largest absolute Gasteiger partial charge is 0.497 e. The standard InChI is InChI=1S/C27H29NO6/c1-17-24(27(30)34-15-14-33-18-8-5-4-6-9-18)25(26-21(28-17)10-7-11-22(26)29)20-13-12-19(31-2)16-23(20)32-3/h4-6,8-9,12-13,16,25,28H,7,10-11,14-15H2,1-3H3. The Bertz CT molecular complexity index is 1140. The first-order valence-corrected chi connectivity index (χ1v) is 11.3. The summed E-state index contributed by atoms with van der Waals surface area (Å²) in [6.45, 7) is 2.14. The smallest absolute Gasteiger partial charge is 0.336 e. The van der Waals surface area contributed by atoms with Gasteiger partial charge in [0.2, 0.25) is 0 Å². The van der Waals surface area contributed by atoms with Crippen molar-refractivity contribution in [1.82, 2.24) is 5.32 Å². The summed E-state index contributed by atoms with van der Waals surface area (Å²) in [4.78, 5) is 26.4. The number of rotatable bonds is 8. The van der Waals surface area contributed by atoms with E-state index in [1.807, 2.05) is 43.3 Å². The van der Waals surface area contributed by atoms with Crippen molar-refractivity contribution in [2.75, 3.05) is 27.4 Å². The second-order valence-electron chi connectivity index (χ2n) is 8.17. The minimum absolute atomic E-state index is 0.0295. The highest BCUT2D eigenvalue weighted by atomic mass is 16.6. The van der Waals surface area contributed by atoms with Crippen LogP contribution in [0.2, 0.25) is 0 Å². The first-order valence-electron chi connectivity index (χ1n) is 11.3. The third-order valence-corrected chi connectivity index (χ3v) is 6.08. The molecule has 7 heteroatoms. The number of nitrogens with one attached hydrogen (secondary N) is 1. The average Bonchev–Trinajstić information content (AvgIpc) is 2.86. The summed E-state index contributed by atoms with van der Waals surface area (Å²) in [7, 11) is 3.14. The maximum atomic E-state index is 13.3. The molecule has 0 spiro atoms. The maximum absolute atomic E-state index is 13.3. The number of Topliss-reactive ketones (excluding diaryl/α,β-unsaturated/α-hetero) is 1. The fourth-order valence-electron chi connectivity index (χ4n) is 4.51. The Kier molecular flexibility index (Phi) is 7.21. The molecule has 34 heavy (non-hydrogen) atoms. The molecule has 2 aromatic rings. The molecule has 1 N–H and O–H groups in total. The molecule has 1 aliphatic carbocycles. The predicted octanol–water partition coefficient (Wildman–Crippen LogP) is 4.29. The third kappa shape index (κ3) is 4.78. The molecule has 2 aliphatic rings. The Morgan fingerprint density at radius 3 is 2.53 bits per heavy atom. The lowest BCUT2D eigenvalue weighted by molar-refractivity contribution is -0.140. The maximum Gasteiger partial charge on any atom is 0.336 e. The van der Waals surface area contributed by atoms with Crippen LogP contribution in [0.25, 0.3) is 0 Å². The third-order valence-electron chi connectivity index (χ3n) is 6.08. The van der Waals surface area contributed by atoms with Crippen LogP contribution < -0.4 is 19.5 Å². The number of hydrogen-bond donors (Lipinski definition) is 1. The Morgan fingerprint density at radius 1 is 1.00 bits per heavy atom. The summed E-state index contributed by atoms with van der Waals surface area (Å²) < 4.78 is 22.2. The van der Waals surface area contributed by atoms with Crippen molar-refractivity contribution in [1.29, 1.82) is 0 Å². The van der Waals surface area contributed by atoms with E-state index in [1.165, 1.54) is 0 Å². The van der Waals surface area contributed by atoms with Crippen LogP contribution >= 0.6 is 0 Å². The highest BCUT2D eigenvalue weighted by Gasteiger charge is 2.40. The second kappa shape index (κ2) is 10.5. The lowest BCUT2D eigenvalue weighted by Crippen LogP contribution is -2.34. The molecule has 178 valence electrons. The minimum atomic E-state index is -0.590. The number of ketones is 1. The quantitative estimate of drug-likeness (QED) is 0.462. The van der Waals surface area contributed by atoms with Gasteiger partial charge >= 0.3 is 5.97 Å². The van der Waals surface area contributed by atoms with Gasteiger partial charge in [-0.2, -0.15) is 0 Å². The molecule has 0 fully saturated rings. The lowest BCUT2D eigenvalue weighted by Gasteiger charge is -2.34. The zero-order valence-electron chi connectivity index (χ0n) is 19.7. The van der Waals surface area contributed by atoms with E-state index in [2.05, 4.69) is 5.32 Å². The predicted molar refractivity (Wildman–Crippen MR) is 127 cm³/mol. The fourth-order valence-corrected chi connectivity index (χ4v) is 4.51. The monoisotopic (exact) mass is 463 g/mol. The molecule has 2 aromatic carbocycles. The van der Waals surface area contributed by atoms with Crippen molar-refractivity contribution in [3.05, 3.63) is 76.6 Å². The van der Waals surface area contributed by atoms with E-state index in [4.69, 9.17) is 18.9 Å². The van der Waals surface area contributed by atoms with Crippen LogP contribution in [0.4, 0.5) is 0 Å². The molecule has 0 saturated heterocycles. The van der Waals surface area contributed by atoms with Gasteiger partial charge in [0.15, 0.2) is 5.78 Å². The highest BCUT2D eigenvalue weighted by Crippen LogP contribution is 2.46. The number of para-hydroxylation sites is 1. The molecule has 0 aromatic heterocycles. The van der Waals surface area contributed by atoms with E-state index < -0.39 is 11.9 Å². The van der Waals surface area contributed by atoms with Gasteiger partial charge in [-0.3, -0.25) is 4.79 Å². The zero-order chi connectivity index (χ0) is 24.1. The molecule has 0 radical (unpaired) electrons. The Morgan fingerprint density at radius 2 is 1.79 bits per heavy atom. The van der Waals surface area contributed by atoms with Gasteiger partial charge < -0.3 is 24.3 Å². The van der Waals surface area contributed by atoms with E-state index in [9.17, 15) is 9.59 Å². The normalized spacial score (nSPS) is 17.6. The van der Waals surface area contributed by atoms with Crippen molar-refractivity contribution in [2.45, 2.75) is 32.1 Å². The Balaban J connectivity index is 1.63. The van der Waals surface area contributed by atoms with Gasteiger partial charge in [-0.05, 0) is 38.0 Å². The number of allylic oxidation sites excluding steroid dienone is 3. The summed E-state index contributed by atoms with van der Waals surface area (Å²) in [6.07, 6.45) is 1.98. The van der Waals surface area contributed by atoms with Crippen LogP contribution in [0.5, 0.6) is 17.2 Å². The van der Waals surface area contributed by atoms with Crippen LogP contribution in [0.3, 0.4) is 0 Å². The molecule has 0 amide bonds. The summed E-state index contributed by atoms with van der Waals surface area (Å²) in [5, 5.41) is 3.30. The summed E-state index contributed by atoms with van der Waals surface area (Å²) >= 11 is 0. The number of carbonyl (C=O) groups excluding carboxylic acids is 2. The van der Waals surface area contributed by atoms with Gasteiger partial charge in [-0.1, -0.05) is 24.3 Å². The molecule has 4 rings (SSSR count). The molecule has 1 heterocycles. The summed E-state index contributed by atoms with van der Waals surface area (Å²) in [5.74, 6) is 0.823. The van der Waals surface area contributed by atoms with Crippen molar-refractivity contribution in [3.63, 3.8) is 0 Å². The average molecular weight is 464 g/mol. The molecule has 1 aliphatic heterocycles. The lowest BCUT2D eigenvalue weighted by atomic mass is 9.75. The highest BCUT2D eigenvalue weighted by molar-refractivity contribution is 6.04. The number of carbonyl (C=O) groups is 2. The van der Waals surface area contributed by atoms with Crippen LogP contribution in [-0.4, -0.2) is 39.2 Å². The Hall–Kier alpha value is -3.74. The number of esters is 1. The van der Waals surface area contributed by atoms with E-state index in [-0.39, 0.29) is 19.0 Å². The molecule has 0 bridgehead atoms. The van der Waals surface area contributed by atoms with E-state index in [1.54, 1.807) is 26.4 Å². The van der Waals surface area contributed by atoms with Gasteiger partial charge in [0, 0.05) is 35.0 Å². The van der Waals surface area contributed by atoms with Gasteiger partial charge in [-0.15, -0.1) is 0 Å². The van der Waals surface area contributed by atoms with Crippen molar-refractivity contribution in [2.24, 2.45) is 0 Å². The van der Waals surface area contributed by atoms with E-state index in [0.29, 0.717) is 40.5 Å². The van der Waals surface area contributed by atoms with Gasteiger partial charge in [-0.25, -0.2) is 4.79 Å². The number of ether oxygens (including phenoxy) is 4. The van der Waals surface area contributed by atoms with Gasteiger partial charge in [0.05, 0.1) is 25.7 Å². The van der Waals surface area contributed by atoms with Crippen LogP contribution in [0.15, 0.2) is 71.1 Å². The topological polar surface area (TPSA) is 83.1 Å². The van der Waals surface area contributed by atoms with Gasteiger partial charge in [0.25, 0.3) is 0 Å². The number of dihydropyridines is 1. The number of benzene rings is 2. The first kappa shape index (κ1) is 23.4. The summed E-state index contributed by atoms with van der Waals surface area (Å²) in [5.41, 5.74) is 3.26. The van der Waals surface area contributed by atoms with E-state index >= 15 is 0 Å². The summed E-state index contributed by atoms with van der Waals surface area (Å²) in [6, 6.07) is 14.8. The molecule has 1 unspecified atom stereocenters. The van der Waals surface area contributed by atoms with Crippen LogP contribution in [-0.2, 0) is 14.3 Å². The number of methoxy groups -OCH3 is 2. The van der Waals surface area contributed by atoms with Crippen molar-refractivity contribution >= 4 is 11.8 Å². The SMILES string of the molecule is COc1ccc(C2C(C(=O)OCCOc3ccccc3)=C(C)NC3=C2C(=O)CCC3)c(OC)c1. The van der Waals surface area contributed by atoms with Crippen LogP contribution in [0.1, 0.15) is 37.7 Å². The van der Waals surface area contributed by atoms with Gasteiger partial charge in [0.1, 0.15) is 30.5 Å². The number of hydrogen-bond acceptors (Lipinski definition) is 7. The second-order valence-corrected chi connectivity index (χ2v) is 8.17. The fraction of sp³-hybridized carbons (Fsp3) is 0.333. The molecule has 0 saturated carbocycles. The van der Waals surface area contributed by atoms with Crippen molar-refractivity contribution in [3.8, 4) is 17.2 Å². The minimum Gasteiger partial charge on any atom is -0.497 e. The van der Waals surface area contributed by atoms with Crippen molar-refractivity contribution < 1.29 is 28.5 Å². The molecular weight excluding hydrogens is 434 g/mol. The molecule has 7 nitrogen and oxygen atoms in total. The first-order chi connectivity index (χ1) is 16.5.